The molecule has 1 rings (SSSR count). The van der Waals surface area contributed by atoms with Crippen molar-refractivity contribution >= 4 is 12.3 Å². The van der Waals surface area contributed by atoms with Crippen LogP contribution in [0.5, 0.6) is 11.5 Å². The Bertz CT molecular complexity index is 492. The first-order chi connectivity index (χ1) is 9.35. The van der Waals surface area contributed by atoms with Crippen molar-refractivity contribution in [2.75, 3.05) is 14.2 Å². The minimum Gasteiger partial charge on any atom is -0.497 e. The summed E-state index contributed by atoms with van der Waals surface area (Å²) in [5.41, 5.74) is 2.41. The Kier molecular flexibility index (Phi) is 5.37. The summed E-state index contributed by atoms with van der Waals surface area (Å²) in [7, 11) is 3.13. The van der Waals surface area contributed by atoms with Gasteiger partial charge in [-0.25, -0.2) is 10.2 Å². The first-order valence-electron chi connectivity index (χ1n) is 6.10. The molecule has 0 aliphatic carbocycles. The molecular formula is C14H20N2O4. The Morgan fingerprint density at radius 2 is 1.95 bits per heavy atom. The SMILES string of the molecule is COc1ccc(OC)c(/C=N/NC(=O)OC(C)(C)C)c1. The molecule has 0 aliphatic heterocycles. The lowest BCUT2D eigenvalue weighted by Crippen LogP contribution is -2.29. The number of carbonyl (C=O) groups is 1. The summed E-state index contributed by atoms with van der Waals surface area (Å²) in [4.78, 5) is 11.4. The van der Waals surface area contributed by atoms with Crippen LogP contribution in [0.3, 0.4) is 0 Å². The Morgan fingerprint density at radius 1 is 1.25 bits per heavy atom. The van der Waals surface area contributed by atoms with Gasteiger partial charge in [0.05, 0.1) is 20.4 Å². The Balaban J connectivity index is 2.72. The lowest BCUT2D eigenvalue weighted by Gasteiger charge is -2.18. The van der Waals surface area contributed by atoms with Crippen LogP contribution in [0.15, 0.2) is 23.3 Å². The fourth-order valence-corrected chi connectivity index (χ4v) is 1.40. The van der Waals surface area contributed by atoms with E-state index >= 15 is 0 Å². The second kappa shape index (κ2) is 6.79. The van der Waals surface area contributed by atoms with E-state index in [1.165, 1.54) is 6.21 Å². The van der Waals surface area contributed by atoms with Gasteiger partial charge in [-0.1, -0.05) is 0 Å². The van der Waals surface area contributed by atoms with Gasteiger partial charge in [0.1, 0.15) is 17.1 Å². The molecule has 0 unspecified atom stereocenters. The highest BCUT2D eigenvalue weighted by Crippen LogP contribution is 2.22. The number of nitrogens with one attached hydrogen (secondary N) is 1. The van der Waals surface area contributed by atoms with Gasteiger partial charge in [0, 0.05) is 5.56 Å². The molecule has 0 fully saturated rings. The molecule has 1 amide bonds. The molecule has 0 saturated heterocycles. The molecule has 20 heavy (non-hydrogen) atoms. The van der Waals surface area contributed by atoms with Crippen molar-refractivity contribution in [1.29, 1.82) is 0 Å². The number of benzene rings is 1. The Morgan fingerprint density at radius 3 is 2.50 bits per heavy atom. The fraction of sp³-hybridized carbons (Fsp3) is 0.429. The van der Waals surface area contributed by atoms with Gasteiger partial charge in [-0.3, -0.25) is 0 Å². The van der Waals surface area contributed by atoms with Gasteiger partial charge < -0.3 is 14.2 Å². The molecule has 6 heteroatoms. The zero-order valence-electron chi connectivity index (χ0n) is 12.4. The topological polar surface area (TPSA) is 69.2 Å². The van der Waals surface area contributed by atoms with Gasteiger partial charge in [-0.2, -0.15) is 5.10 Å². The van der Waals surface area contributed by atoms with Crippen LogP contribution in [-0.4, -0.2) is 32.1 Å². The van der Waals surface area contributed by atoms with Crippen molar-refractivity contribution in [2.45, 2.75) is 26.4 Å². The maximum absolute atomic E-state index is 11.4. The first-order valence-corrected chi connectivity index (χ1v) is 6.10. The Labute approximate surface area is 118 Å². The first kappa shape index (κ1) is 15.8. The fourth-order valence-electron chi connectivity index (χ4n) is 1.40. The third-order valence-electron chi connectivity index (χ3n) is 2.20. The third kappa shape index (κ3) is 5.17. The van der Waals surface area contributed by atoms with Crippen LogP contribution in [-0.2, 0) is 4.74 Å². The quantitative estimate of drug-likeness (QED) is 0.679. The zero-order valence-corrected chi connectivity index (χ0v) is 12.4. The van der Waals surface area contributed by atoms with Crippen molar-refractivity contribution in [1.82, 2.24) is 5.43 Å². The predicted molar refractivity (Wildman–Crippen MR) is 76.5 cm³/mol. The van der Waals surface area contributed by atoms with E-state index in [4.69, 9.17) is 14.2 Å². The summed E-state index contributed by atoms with van der Waals surface area (Å²) >= 11 is 0. The van der Waals surface area contributed by atoms with E-state index < -0.39 is 11.7 Å². The van der Waals surface area contributed by atoms with Gasteiger partial charge in [-0.15, -0.1) is 0 Å². The molecule has 0 radical (unpaired) electrons. The summed E-state index contributed by atoms with van der Waals surface area (Å²) in [5, 5.41) is 3.82. The summed E-state index contributed by atoms with van der Waals surface area (Å²) < 4.78 is 15.4. The molecule has 0 bridgehead atoms. The van der Waals surface area contributed by atoms with Crippen molar-refractivity contribution in [3.63, 3.8) is 0 Å². The monoisotopic (exact) mass is 280 g/mol. The largest absolute Gasteiger partial charge is 0.497 e. The molecule has 110 valence electrons. The number of hydrazone groups is 1. The second-order valence-corrected chi connectivity index (χ2v) is 4.98. The van der Waals surface area contributed by atoms with Gasteiger partial charge in [0.15, 0.2) is 0 Å². The van der Waals surface area contributed by atoms with E-state index in [1.54, 1.807) is 53.2 Å². The molecule has 0 atom stereocenters. The number of ether oxygens (including phenoxy) is 3. The van der Waals surface area contributed by atoms with Gasteiger partial charge in [-0.05, 0) is 39.0 Å². The van der Waals surface area contributed by atoms with E-state index in [1.807, 2.05) is 0 Å². The zero-order chi connectivity index (χ0) is 15.2. The van der Waals surface area contributed by atoms with Crippen LogP contribution in [0.4, 0.5) is 4.79 Å². The van der Waals surface area contributed by atoms with Crippen molar-refractivity contribution in [2.24, 2.45) is 5.10 Å². The van der Waals surface area contributed by atoms with Gasteiger partial charge >= 0.3 is 6.09 Å². The summed E-state index contributed by atoms with van der Waals surface area (Å²) in [5.74, 6) is 1.30. The number of amides is 1. The third-order valence-corrected chi connectivity index (χ3v) is 2.20. The molecule has 0 aromatic heterocycles. The minimum absolute atomic E-state index is 0.562. The van der Waals surface area contributed by atoms with Crippen LogP contribution < -0.4 is 14.9 Å². The molecule has 1 aromatic rings. The predicted octanol–water partition coefficient (Wildman–Crippen LogP) is 2.56. The van der Waals surface area contributed by atoms with Crippen LogP contribution in [0, 0.1) is 0 Å². The normalized spacial score (nSPS) is 11.2. The average molecular weight is 280 g/mol. The second-order valence-electron chi connectivity index (χ2n) is 4.98. The molecule has 6 nitrogen and oxygen atoms in total. The molecule has 1 N–H and O–H groups in total. The molecular weight excluding hydrogens is 260 g/mol. The van der Waals surface area contributed by atoms with Gasteiger partial charge in [0.25, 0.3) is 0 Å². The molecule has 1 aromatic carbocycles. The highest BCUT2D eigenvalue weighted by Gasteiger charge is 2.15. The number of hydrogen-bond acceptors (Lipinski definition) is 5. The van der Waals surface area contributed by atoms with Gasteiger partial charge in [0.2, 0.25) is 0 Å². The van der Waals surface area contributed by atoms with Crippen molar-refractivity contribution in [3.8, 4) is 11.5 Å². The highest BCUT2D eigenvalue weighted by atomic mass is 16.6. The van der Waals surface area contributed by atoms with Crippen LogP contribution >= 0.6 is 0 Å². The molecule has 0 aliphatic rings. The van der Waals surface area contributed by atoms with E-state index in [0.29, 0.717) is 17.1 Å². The van der Waals surface area contributed by atoms with Crippen LogP contribution in [0.25, 0.3) is 0 Å². The number of nitrogens with zero attached hydrogens (tertiary/aromatic N) is 1. The van der Waals surface area contributed by atoms with E-state index in [2.05, 4.69) is 10.5 Å². The number of hydrogen-bond donors (Lipinski definition) is 1. The number of rotatable bonds is 4. The van der Waals surface area contributed by atoms with E-state index in [0.717, 1.165) is 0 Å². The molecule has 0 saturated carbocycles. The van der Waals surface area contributed by atoms with E-state index in [-0.39, 0.29) is 0 Å². The van der Waals surface area contributed by atoms with E-state index in [9.17, 15) is 4.79 Å². The lowest BCUT2D eigenvalue weighted by molar-refractivity contribution is 0.0529. The van der Waals surface area contributed by atoms with Crippen molar-refractivity contribution < 1.29 is 19.0 Å². The Hall–Kier alpha value is -2.24. The maximum atomic E-state index is 11.4. The van der Waals surface area contributed by atoms with Crippen molar-refractivity contribution in [3.05, 3.63) is 23.8 Å². The minimum atomic E-state index is -0.615. The number of carbonyl (C=O) groups excluding carboxylic acids is 1. The van der Waals surface area contributed by atoms with Crippen LogP contribution in [0.2, 0.25) is 0 Å². The smallest absolute Gasteiger partial charge is 0.428 e. The standard InChI is InChI=1S/C14H20N2O4/c1-14(2,3)20-13(17)16-15-9-10-8-11(18-4)6-7-12(10)19-5/h6-9H,1-5H3,(H,16,17)/b15-9+. The summed E-state index contributed by atoms with van der Waals surface area (Å²) in [6, 6.07) is 5.28. The molecule has 0 heterocycles. The lowest BCUT2D eigenvalue weighted by atomic mass is 10.2. The average Bonchev–Trinajstić information content (AvgIpc) is 2.36. The highest BCUT2D eigenvalue weighted by molar-refractivity contribution is 5.85. The summed E-state index contributed by atoms with van der Waals surface area (Å²) in [6.07, 6.45) is 0.848. The molecule has 0 spiro atoms. The summed E-state index contributed by atoms with van der Waals surface area (Å²) in [6.45, 7) is 5.34. The maximum Gasteiger partial charge on any atom is 0.428 e. The van der Waals surface area contributed by atoms with Crippen LogP contribution in [0.1, 0.15) is 26.3 Å². The number of methoxy groups -OCH3 is 2.